The molecule has 1 fully saturated rings. The molecule has 1 heterocycles. The van der Waals surface area contributed by atoms with Gasteiger partial charge in [-0.05, 0) is 18.2 Å². The van der Waals surface area contributed by atoms with Crippen molar-refractivity contribution in [3.8, 4) is 6.07 Å². The third-order valence-electron chi connectivity index (χ3n) is 3.15. The first-order valence-corrected chi connectivity index (χ1v) is 5.99. The van der Waals surface area contributed by atoms with Gasteiger partial charge in [-0.25, -0.2) is 0 Å². The number of aliphatic hydroxyl groups is 1. The van der Waals surface area contributed by atoms with Crippen LogP contribution in [-0.2, 0) is 10.9 Å². The van der Waals surface area contributed by atoms with Gasteiger partial charge in [-0.1, -0.05) is 0 Å². The summed E-state index contributed by atoms with van der Waals surface area (Å²) in [5, 5.41) is 21.5. The first-order chi connectivity index (χ1) is 9.34. The molecule has 0 amide bonds. The zero-order valence-corrected chi connectivity index (χ0v) is 10.5. The van der Waals surface area contributed by atoms with E-state index in [4.69, 9.17) is 10.00 Å². The average molecular weight is 286 g/mol. The molecule has 0 saturated carbocycles. The van der Waals surface area contributed by atoms with Gasteiger partial charge in [0, 0.05) is 25.3 Å². The number of nitrogens with zero attached hydrogens (tertiary/aromatic N) is 1. The Labute approximate surface area is 113 Å². The smallest absolute Gasteiger partial charge is 0.386 e. The highest BCUT2D eigenvalue weighted by Gasteiger charge is 2.35. The molecule has 108 valence electrons. The van der Waals surface area contributed by atoms with E-state index in [1.165, 1.54) is 12.1 Å². The summed E-state index contributed by atoms with van der Waals surface area (Å²) < 4.78 is 43.4. The SMILES string of the molecule is N#Cc1ccc(NCC2(O)CCOC2)cc1C(F)(F)F. The number of ether oxygens (including phenoxy) is 1. The molecular weight excluding hydrogens is 273 g/mol. The van der Waals surface area contributed by atoms with E-state index in [0.717, 1.165) is 12.1 Å². The maximum absolute atomic E-state index is 12.8. The van der Waals surface area contributed by atoms with Crippen LogP contribution in [0.15, 0.2) is 18.2 Å². The number of hydrogen-bond acceptors (Lipinski definition) is 4. The Hall–Kier alpha value is -1.78. The van der Waals surface area contributed by atoms with Gasteiger partial charge < -0.3 is 15.2 Å². The number of benzene rings is 1. The summed E-state index contributed by atoms with van der Waals surface area (Å²) in [6.07, 6.45) is -4.15. The van der Waals surface area contributed by atoms with E-state index in [0.29, 0.717) is 13.0 Å². The van der Waals surface area contributed by atoms with Crippen molar-refractivity contribution in [1.29, 1.82) is 5.26 Å². The average Bonchev–Trinajstić information content (AvgIpc) is 2.82. The normalized spacial score (nSPS) is 22.6. The Kier molecular flexibility index (Phi) is 3.88. The molecule has 1 aromatic carbocycles. The van der Waals surface area contributed by atoms with Crippen LogP contribution in [0, 0.1) is 11.3 Å². The standard InChI is InChI=1S/C13H13F3N2O2/c14-13(15,16)11-5-10(2-1-9(11)6-17)18-7-12(19)3-4-20-8-12/h1-2,5,18-19H,3-4,7-8H2. The number of nitriles is 1. The molecule has 0 radical (unpaired) electrons. The maximum Gasteiger partial charge on any atom is 0.417 e. The van der Waals surface area contributed by atoms with Gasteiger partial charge in [0.1, 0.15) is 5.60 Å². The molecule has 0 aliphatic carbocycles. The van der Waals surface area contributed by atoms with Crippen molar-refractivity contribution in [3.63, 3.8) is 0 Å². The molecular formula is C13H13F3N2O2. The van der Waals surface area contributed by atoms with Crippen LogP contribution in [0.4, 0.5) is 18.9 Å². The largest absolute Gasteiger partial charge is 0.417 e. The van der Waals surface area contributed by atoms with Crippen LogP contribution < -0.4 is 5.32 Å². The molecule has 2 rings (SSSR count). The second-order valence-corrected chi connectivity index (χ2v) is 4.75. The molecule has 4 nitrogen and oxygen atoms in total. The summed E-state index contributed by atoms with van der Waals surface area (Å²) in [4.78, 5) is 0. The van der Waals surface area contributed by atoms with E-state index in [-0.39, 0.29) is 18.8 Å². The van der Waals surface area contributed by atoms with Crippen LogP contribution in [0.3, 0.4) is 0 Å². The van der Waals surface area contributed by atoms with Crippen LogP contribution in [0.5, 0.6) is 0 Å². The Morgan fingerprint density at radius 1 is 1.45 bits per heavy atom. The van der Waals surface area contributed by atoms with Gasteiger partial charge >= 0.3 is 6.18 Å². The Bertz CT molecular complexity index is 531. The maximum atomic E-state index is 12.8. The predicted octanol–water partition coefficient (Wildman–Crippen LogP) is 2.14. The fourth-order valence-corrected chi connectivity index (χ4v) is 1.99. The third kappa shape index (κ3) is 3.21. The van der Waals surface area contributed by atoms with E-state index < -0.39 is 22.9 Å². The van der Waals surface area contributed by atoms with Crippen LogP contribution in [0.2, 0.25) is 0 Å². The lowest BCUT2D eigenvalue weighted by Gasteiger charge is -2.22. The highest BCUT2D eigenvalue weighted by Crippen LogP contribution is 2.33. The molecule has 1 saturated heterocycles. The summed E-state index contributed by atoms with van der Waals surface area (Å²) in [6, 6.07) is 4.88. The van der Waals surface area contributed by atoms with Gasteiger partial charge in [-0.15, -0.1) is 0 Å². The summed E-state index contributed by atoms with van der Waals surface area (Å²) in [6.45, 7) is 0.679. The molecule has 1 aromatic rings. The minimum Gasteiger partial charge on any atom is -0.386 e. The van der Waals surface area contributed by atoms with E-state index in [1.807, 2.05) is 0 Å². The molecule has 1 aliphatic rings. The summed E-state index contributed by atoms with van der Waals surface area (Å²) in [5.41, 5.74) is -2.27. The third-order valence-corrected chi connectivity index (χ3v) is 3.15. The molecule has 0 bridgehead atoms. The first kappa shape index (κ1) is 14.6. The number of nitrogens with one attached hydrogen (secondary N) is 1. The Morgan fingerprint density at radius 2 is 2.20 bits per heavy atom. The van der Waals surface area contributed by atoms with Crippen molar-refractivity contribution in [2.75, 3.05) is 25.1 Å². The zero-order chi connectivity index (χ0) is 14.8. The van der Waals surface area contributed by atoms with Crippen LogP contribution in [0.1, 0.15) is 17.5 Å². The fourth-order valence-electron chi connectivity index (χ4n) is 1.99. The van der Waals surface area contributed by atoms with Crippen molar-refractivity contribution in [3.05, 3.63) is 29.3 Å². The molecule has 7 heteroatoms. The quantitative estimate of drug-likeness (QED) is 0.893. The minimum absolute atomic E-state index is 0.0934. The molecule has 2 N–H and O–H groups in total. The Balaban J connectivity index is 2.15. The van der Waals surface area contributed by atoms with Crippen molar-refractivity contribution < 1.29 is 23.0 Å². The molecule has 1 aliphatic heterocycles. The van der Waals surface area contributed by atoms with Crippen molar-refractivity contribution in [2.24, 2.45) is 0 Å². The molecule has 0 spiro atoms. The van der Waals surface area contributed by atoms with E-state index in [9.17, 15) is 18.3 Å². The van der Waals surface area contributed by atoms with Crippen molar-refractivity contribution >= 4 is 5.69 Å². The number of rotatable bonds is 3. The lowest BCUT2D eigenvalue weighted by molar-refractivity contribution is -0.137. The number of anilines is 1. The lowest BCUT2D eigenvalue weighted by atomic mass is 10.0. The van der Waals surface area contributed by atoms with Gasteiger partial charge in [0.25, 0.3) is 0 Å². The van der Waals surface area contributed by atoms with Gasteiger partial charge in [0.15, 0.2) is 0 Å². The predicted molar refractivity (Wildman–Crippen MR) is 65.0 cm³/mol. The number of halogens is 3. The van der Waals surface area contributed by atoms with Crippen LogP contribution in [0.25, 0.3) is 0 Å². The van der Waals surface area contributed by atoms with Crippen molar-refractivity contribution in [1.82, 2.24) is 0 Å². The second-order valence-electron chi connectivity index (χ2n) is 4.75. The minimum atomic E-state index is -4.59. The lowest BCUT2D eigenvalue weighted by Crippen LogP contribution is -2.37. The highest BCUT2D eigenvalue weighted by molar-refractivity contribution is 5.53. The molecule has 1 unspecified atom stereocenters. The molecule has 0 aromatic heterocycles. The van der Waals surface area contributed by atoms with Crippen LogP contribution in [-0.4, -0.2) is 30.5 Å². The van der Waals surface area contributed by atoms with Crippen molar-refractivity contribution in [2.45, 2.75) is 18.2 Å². The van der Waals surface area contributed by atoms with Gasteiger partial charge in [0.05, 0.1) is 23.8 Å². The van der Waals surface area contributed by atoms with Crippen LogP contribution >= 0.6 is 0 Å². The second kappa shape index (κ2) is 5.31. The van der Waals surface area contributed by atoms with Gasteiger partial charge in [-0.3, -0.25) is 0 Å². The fraction of sp³-hybridized carbons (Fsp3) is 0.462. The van der Waals surface area contributed by atoms with E-state index in [1.54, 1.807) is 0 Å². The van der Waals surface area contributed by atoms with Gasteiger partial charge in [0.2, 0.25) is 0 Å². The van der Waals surface area contributed by atoms with E-state index >= 15 is 0 Å². The van der Waals surface area contributed by atoms with Gasteiger partial charge in [-0.2, -0.15) is 18.4 Å². The monoisotopic (exact) mass is 286 g/mol. The molecule has 1 atom stereocenters. The number of alkyl halides is 3. The zero-order valence-electron chi connectivity index (χ0n) is 10.5. The summed E-state index contributed by atoms with van der Waals surface area (Å²) >= 11 is 0. The number of hydrogen-bond donors (Lipinski definition) is 2. The Morgan fingerprint density at radius 3 is 2.75 bits per heavy atom. The topological polar surface area (TPSA) is 65.3 Å². The summed E-state index contributed by atoms with van der Waals surface area (Å²) in [5.74, 6) is 0. The summed E-state index contributed by atoms with van der Waals surface area (Å²) in [7, 11) is 0. The molecule has 20 heavy (non-hydrogen) atoms. The highest BCUT2D eigenvalue weighted by atomic mass is 19.4. The van der Waals surface area contributed by atoms with E-state index in [2.05, 4.69) is 5.32 Å². The first-order valence-electron chi connectivity index (χ1n) is 5.99.